The van der Waals surface area contributed by atoms with E-state index in [0.717, 1.165) is 37.1 Å². The second-order valence-electron chi connectivity index (χ2n) is 6.88. The summed E-state index contributed by atoms with van der Waals surface area (Å²) in [5.41, 5.74) is 2.08. The minimum absolute atomic E-state index is 0.0206. The fraction of sp³-hybridized carbons (Fsp3) is 0.611. The van der Waals surface area contributed by atoms with Crippen LogP contribution in [0.5, 0.6) is 0 Å². The number of nitrogens with one attached hydrogen (secondary N) is 1. The third-order valence-corrected chi connectivity index (χ3v) is 5.33. The van der Waals surface area contributed by atoms with E-state index in [1.807, 2.05) is 30.0 Å². The Morgan fingerprint density at radius 2 is 2.12 bits per heavy atom. The van der Waals surface area contributed by atoms with Crippen LogP contribution in [0.4, 0.5) is 4.79 Å². The Bertz CT molecular complexity index is 624. The maximum absolute atomic E-state index is 12.3. The van der Waals surface area contributed by atoms with Crippen LogP contribution in [-0.2, 0) is 16.0 Å². The molecular formula is C18H25N3O3. The van der Waals surface area contributed by atoms with Gasteiger partial charge in [0.2, 0.25) is 0 Å². The molecule has 2 heterocycles. The molecule has 0 unspecified atom stereocenters. The lowest BCUT2D eigenvalue weighted by Gasteiger charge is -2.32. The number of piperidine rings is 1. The zero-order chi connectivity index (χ0) is 17.2. The van der Waals surface area contributed by atoms with Gasteiger partial charge in [0.05, 0.1) is 13.0 Å². The zero-order valence-corrected chi connectivity index (χ0v) is 14.4. The van der Waals surface area contributed by atoms with E-state index >= 15 is 0 Å². The molecule has 6 nitrogen and oxygen atoms in total. The minimum atomic E-state index is -0.0986. The Hall–Kier alpha value is -2.11. The normalized spacial score (nSPS) is 21.4. The number of hydrogen-bond acceptors (Lipinski definition) is 4. The predicted octanol–water partition coefficient (Wildman–Crippen LogP) is 1.92. The summed E-state index contributed by atoms with van der Waals surface area (Å²) in [5, 5.41) is 2.97. The number of likely N-dealkylation sites (tertiary alicyclic amines) is 1. The summed E-state index contributed by atoms with van der Waals surface area (Å²) >= 11 is 0. The molecule has 2 fully saturated rings. The number of aromatic nitrogens is 1. The number of ether oxygens (including phenoxy) is 1. The third-order valence-electron chi connectivity index (χ3n) is 5.33. The van der Waals surface area contributed by atoms with Gasteiger partial charge < -0.3 is 15.0 Å². The van der Waals surface area contributed by atoms with E-state index < -0.39 is 0 Å². The first-order valence-corrected chi connectivity index (χ1v) is 8.57. The molecule has 1 N–H and O–H groups in total. The number of amides is 2. The fourth-order valence-corrected chi connectivity index (χ4v) is 3.68. The number of esters is 1. The van der Waals surface area contributed by atoms with Crippen molar-refractivity contribution >= 4 is 12.0 Å². The largest absolute Gasteiger partial charge is 0.469 e. The summed E-state index contributed by atoms with van der Waals surface area (Å²) in [6.07, 6.45) is 3.42. The highest BCUT2D eigenvalue weighted by atomic mass is 16.5. The van der Waals surface area contributed by atoms with Crippen LogP contribution in [0.1, 0.15) is 30.7 Å². The molecule has 2 amide bonds. The number of aryl methyl sites for hydroxylation is 1. The van der Waals surface area contributed by atoms with E-state index in [1.54, 1.807) is 0 Å². The van der Waals surface area contributed by atoms with Gasteiger partial charge in [-0.3, -0.25) is 9.78 Å². The Balaban J connectivity index is 1.41. The van der Waals surface area contributed by atoms with Gasteiger partial charge in [-0.1, -0.05) is 6.07 Å². The molecule has 1 saturated carbocycles. The quantitative estimate of drug-likeness (QED) is 0.856. The number of hydrogen-bond donors (Lipinski definition) is 1. The van der Waals surface area contributed by atoms with Crippen LogP contribution in [0.15, 0.2) is 18.2 Å². The molecule has 24 heavy (non-hydrogen) atoms. The van der Waals surface area contributed by atoms with Crippen molar-refractivity contribution in [1.29, 1.82) is 0 Å². The van der Waals surface area contributed by atoms with E-state index in [0.29, 0.717) is 19.6 Å². The predicted molar refractivity (Wildman–Crippen MR) is 89.4 cm³/mol. The van der Waals surface area contributed by atoms with Crippen molar-refractivity contribution in [1.82, 2.24) is 15.2 Å². The summed E-state index contributed by atoms with van der Waals surface area (Å²) in [6.45, 7) is 3.97. The molecule has 1 aliphatic carbocycles. The van der Waals surface area contributed by atoms with Crippen LogP contribution < -0.4 is 5.32 Å². The zero-order valence-electron chi connectivity index (χ0n) is 14.4. The Kier molecular flexibility index (Phi) is 4.73. The van der Waals surface area contributed by atoms with Gasteiger partial charge in [0.25, 0.3) is 0 Å². The monoisotopic (exact) mass is 331 g/mol. The van der Waals surface area contributed by atoms with Gasteiger partial charge in [0.15, 0.2) is 0 Å². The molecule has 1 spiro atoms. The van der Waals surface area contributed by atoms with Gasteiger partial charge in [-0.15, -0.1) is 0 Å². The van der Waals surface area contributed by atoms with Gasteiger partial charge in [-0.05, 0) is 43.7 Å². The molecule has 3 rings (SSSR count). The Labute approximate surface area is 142 Å². The summed E-state index contributed by atoms with van der Waals surface area (Å²) in [4.78, 5) is 30.2. The Morgan fingerprint density at radius 1 is 1.38 bits per heavy atom. The van der Waals surface area contributed by atoms with Gasteiger partial charge in [0, 0.05) is 37.4 Å². The molecular weight excluding hydrogens is 306 g/mol. The van der Waals surface area contributed by atoms with Gasteiger partial charge in [-0.25, -0.2) is 4.79 Å². The lowest BCUT2D eigenvalue weighted by molar-refractivity contribution is -0.143. The van der Waals surface area contributed by atoms with Crippen molar-refractivity contribution in [3.63, 3.8) is 0 Å². The molecule has 1 aromatic rings. The van der Waals surface area contributed by atoms with E-state index in [9.17, 15) is 9.59 Å². The van der Waals surface area contributed by atoms with Crippen molar-refractivity contribution in [2.75, 3.05) is 26.7 Å². The third kappa shape index (κ3) is 3.52. The SMILES string of the molecule is COC(=O)[C@@H]1CC12CCN(C(=O)NCCc1cccc(C)n1)CC2. The van der Waals surface area contributed by atoms with Crippen molar-refractivity contribution in [3.8, 4) is 0 Å². The Morgan fingerprint density at radius 3 is 2.79 bits per heavy atom. The number of urea groups is 1. The molecule has 130 valence electrons. The van der Waals surface area contributed by atoms with E-state index in [2.05, 4.69) is 10.3 Å². The summed E-state index contributed by atoms with van der Waals surface area (Å²) in [7, 11) is 1.44. The number of methoxy groups -OCH3 is 1. The van der Waals surface area contributed by atoms with E-state index in [4.69, 9.17) is 4.74 Å². The molecule has 6 heteroatoms. The lowest BCUT2D eigenvalue weighted by atomic mass is 9.91. The topological polar surface area (TPSA) is 71.5 Å². The van der Waals surface area contributed by atoms with Crippen LogP contribution >= 0.6 is 0 Å². The van der Waals surface area contributed by atoms with E-state index in [1.165, 1.54) is 7.11 Å². The lowest BCUT2D eigenvalue weighted by Crippen LogP contribution is -2.45. The highest BCUT2D eigenvalue weighted by molar-refractivity contribution is 5.77. The van der Waals surface area contributed by atoms with Crippen LogP contribution in [0.25, 0.3) is 0 Å². The molecule has 0 aromatic carbocycles. The number of rotatable bonds is 4. The second-order valence-corrected chi connectivity index (χ2v) is 6.88. The second kappa shape index (κ2) is 6.79. The molecule has 1 saturated heterocycles. The first-order chi connectivity index (χ1) is 11.5. The molecule has 1 aromatic heterocycles. The van der Waals surface area contributed by atoms with Crippen molar-refractivity contribution < 1.29 is 14.3 Å². The van der Waals surface area contributed by atoms with Crippen molar-refractivity contribution in [3.05, 3.63) is 29.6 Å². The standard InChI is InChI=1S/C18H25N3O3/c1-13-4-3-5-14(20-13)6-9-19-17(23)21-10-7-18(8-11-21)12-15(18)16(22)24-2/h3-5,15H,6-12H2,1-2H3,(H,19,23)/t15-/m0/s1. The van der Waals surface area contributed by atoms with Crippen LogP contribution in [-0.4, -0.2) is 48.6 Å². The van der Waals surface area contributed by atoms with Crippen LogP contribution in [0, 0.1) is 18.3 Å². The molecule has 0 bridgehead atoms. The van der Waals surface area contributed by atoms with Crippen LogP contribution in [0.3, 0.4) is 0 Å². The minimum Gasteiger partial charge on any atom is -0.469 e. The van der Waals surface area contributed by atoms with Gasteiger partial charge in [-0.2, -0.15) is 0 Å². The highest BCUT2D eigenvalue weighted by Gasteiger charge is 2.59. The first kappa shape index (κ1) is 16.7. The van der Waals surface area contributed by atoms with Crippen molar-refractivity contribution in [2.24, 2.45) is 11.3 Å². The van der Waals surface area contributed by atoms with E-state index in [-0.39, 0.29) is 23.3 Å². The maximum Gasteiger partial charge on any atom is 0.317 e. The molecule has 2 aliphatic rings. The molecule has 0 radical (unpaired) electrons. The van der Waals surface area contributed by atoms with Crippen molar-refractivity contribution in [2.45, 2.75) is 32.6 Å². The smallest absolute Gasteiger partial charge is 0.317 e. The summed E-state index contributed by atoms with van der Waals surface area (Å²) in [5.74, 6) is -0.0568. The molecule has 1 atom stereocenters. The average Bonchev–Trinajstić information content (AvgIpc) is 3.28. The average molecular weight is 331 g/mol. The fourth-order valence-electron chi connectivity index (χ4n) is 3.68. The number of carbonyl (C=O) groups is 2. The van der Waals surface area contributed by atoms with Gasteiger partial charge >= 0.3 is 12.0 Å². The number of pyridine rings is 1. The van der Waals surface area contributed by atoms with Gasteiger partial charge in [0.1, 0.15) is 0 Å². The maximum atomic E-state index is 12.3. The molecule has 1 aliphatic heterocycles. The number of nitrogens with zero attached hydrogens (tertiary/aromatic N) is 2. The summed E-state index contributed by atoms with van der Waals surface area (Å²) in [6, 6.07) is 5.90. The summed E-state index contributed by atoms with van der Waals surface area (Å²) < 4.78 is 4.84. The first-order valence-electron chi connectivity index (χ1n) is 8.57. The highest BCUT2D eigenvalue weighted by Crippen LogP contribution is 2.59. The number of carbonyl (C=O) groups excluding carboxylic acids is 2. The van der Waals surface area contributed by atoms with Crippen LogP contribution in [0.2, 0.25) is 0 Å².